The number of allylic oxidation sites excluding steroid dienone is 4. The van der Waals surface area contributed by atoms with Gasteiger partial charge in [-0.25, -0.2) is 0 Å². The normalized spacial score (nSPS) is 54.8. The molecule has 0 aromatic heterocycles. The van der Waals surface area contributed by atoms with E-state index in [1.54, 1.807) is 0 Å². The standard InChI is InChI=1S/C25H34O3/c1-15-16(2)25(11-9-20(27)28-25)24(5)13-12-23(4)19(21(15)24)7-6-17-14-18(26)8-10-22(17,23)3/h6-7,14-16,19,21H,8-13H2,1-5H3/t15-,16+,19+,21+,22+,23+,24+,25+/m1/s1. The molecule has 4 aliphatic carbocycles. The number of ether oxygens (including phenoxy) is 1. The highest BCUT2D eigenvalue weighted by Crippen LogP contribution is 2.74. The molecule has 2 saturated carbocycles. The first kappa shape index (κ1) is 18.6. The molecule has 3 heteroatoms. The molecule has 152 valence electrons. The molecule has 0 radical (unpaired) electrons. The number of carbonyl (C=O) groups excluding carboxylic acids is 2. The molecular weight excluding hydrogens is 348 g/mol. The SMILES string of the molecule is C[C@H]1[C@H]2[C@@H]3C=CC4=CC(=O)CC[C@]4(C)[C@@]3(C)CC[C@]2(C)[C@]2(CCC(=O)O2)[C@H]1C. The van der Waals surface area contributed by atoms with Crippen molar-refractivity contribution in [2.45, 2.75) is 78.7 Å². The minimum atomic E-state index is -0.289. The highest BCUT2D eigenvalue weighted by atomic mass is 16.6. The fourth-order valence-corrected chi connectivity index (χ4v) is 8.57. The van der Waals surface area contributed by atoms with Gasteiger partial charge in [0.15, 0.2) is 5.78 Å². The highest BCUT2D eigenvalue weighted by molar-refractivity contribution is 5.92. The average Bonchev–Trinajstić information content (AvgIpc) is 3.12. The molecule has 1 spiro atoms. The van der Waals surface area contributed by atoms with Gasteiger partial charge < -0.3 is 4.74 Å². The quantitative estimate of drug-likeness (QED) is 0.537. The number of hydrogen-bond donors (Lipinski definition) is 0. The van der Waals surface area contributed by atoms with Gasteiger partial charge in [-0.1, -0.05) is 46.8 Å². The van der Waals surface area contributed by atoms with Crippen molar-refractivity contribution in [3.63, 3.8) is 0 Å². The number of fused-ring (bicyclic) bond motifs is 6. The van der Waals surface area contributed by atoms with Crippen LogP contribution in [0.1, 0.15) is 73.1 Å². The van der Waals surface area contributed by atoms with E-state index in [1.807, 2.05) is 6.08 Å². The topological polar surface area (TPSA) is 43.4 Å². The molecular formula is C25H34O3. The van der Waals surface area contributed by atoms with E-state index in [9.17, 15) is 9.59 Å². The molecule has 0 bridgehead atoms. The molecule has 5 aliphatic rings. The zero-order valence-electron chi connectivity index (χ0n) is 18.0. The molecule has 5 rings (SSSR count). The average molecular weight is 383 g/mol. The van der Waals surface area contributed by atoms with Crippen molar-refractivity contribution in [1.82, 2.24) is 0 Å². The fraction of sp³-hybridized carbons (Fsp3) is 0.760. The lowest BCUT2D eigenvalue weighted by Crippen LogP contribution is -2.59. The Morgan fingerprint density at radius 2 is 1.68 bits per heavy atom. The maximum Gasteiger partial charge on any atom is 0.306 e. The van der Waals surface area contributed by atoms with Crippen molar-refractivity contribution in [3.8, 4) is 0 Å². The lowest BCUT2D eigenvalue weighted by atomic mass is 9.41. The first-order chi connectivity index (χ1) is 13.1. The first-order valence-electron chi connectivity index (χ1n) is 11.2. The van der Waals surface area contributed by atoms with Crippen molar-refractivity contribution >= 4 is 11.8 Å². The van der Waals surface area contributed by atoms with E-state index in [0.717, 1.165) is 25.7 Å². The summed E-state index contributed by atoms with van der Waals surface area (Å²) >= 11 is 0. The molecule has 3 nitrogen and oxygen atoms in total. The minimum absolute atomic E-state index is 0.00331. The molecule has 3 fully saturated rings. The van der Waals surface area contributed by atoms with Crippen molar-refractivity contribution in [3.05, 3.63) is 23.8 Å². The van der Waals surface area contributed by atoms with Gasteiger partial charge in [-0.05, 0) is 71.8 Å². The Balaban J connectivity index is 1.64. The lowest BCUT2D eigenvalue weighted by Gasteiger charge is -2.63. The van der Waals surface area contributed by atoms with Crippen LogP contribution >= 0.6 is 0 Å². The van der Waals surface area contributed by atoms with Crippen LogP contribution in [0.4, 0.5) is 0 Å². The van der Waals surface area contributed by atoms with Gasteiger partial charge in [0.25, 0.3) is 0 Å². The van der Waals surface area contributed by atoms with Crippen LogP contribution in [-0.4, -0.2) is 17.4 Å². The molecule has 28 heavy (non-hydrogen) atoms. The zero-order valence-corrected chi connectivity index (χ0v) is 18.0. The monoisotopic (exact) mass is 382 g/mol. The van der Waals surface area contributed by atoms with Gasteiger partial charge in [-0.15, -0.1) is 0 Å². The van der Waals surface area contributed by atoms with Crippen LogP contribution in [0.25, 0.3) is 0 Å². The summed E-state index contributed by atoms with van der Waals surface area (Å²) in [6, 6.07) is 0. The van der Waals surface area contributed by atoms with Crippen LogP contribution in [0.2, 0.25) is 0 Å². The van der Waals surface area contributed by atoms with Crippen molar-refractivity contribution < 1.29 is 14.3 Å². The van der Waals surface area contributed by atoms with Crippen molar-refractivity contribution in [1.29, 1.82) is 0 Å². The molecule has 0 unspecified atom stereocenters. The van der Waals surface area contributed by atoms with Gasteiger partial charge in [0, 0.05) is 18.3 Å². The third-order valence-corrected chi connectivity index (χ3v) is 10.6. The summed E-state index contributed by atoms with van der Waals surface area (Å²) in [5.41, 5.74) is 1.21. The van der Waals surface area contributed by atoms with E-state index in [-0.39, 0.29) is 33.6 Å². The Hall–Kier alpha value is -1.38. The van der Waals surface area contributed by atoms with Gasteiger partial charge >= 0.3 is 5.97 Å². The second kappa shape index (κ2) is 5.40. The summed E-state index contributed by atoms with van der Waals surface area (Å²) in [6.45, 7) is 12.0. The predicted molar refractivity (Wildman–Crippen MR) is 108 cm³/mol. The Kier molecular flexibility index (Phi) is 3.60. The third kappa shape index (κ3) is 1.87. The second-order valence-corrected chi connectivity index (χ2v) is 11.2. The summed E-state index contributed by atoms with van der Waals surface area (Å²) in [5.74, 6) is 2.17. The second-order valence-electron chi connectivity index (χ2n) is 11.2. The predicted octanol–water partition coefficient (Wildman–Crippen LogP) is 5.25. The number of ketones is 1. The molecule has 1 saturated heterocycles. The Morgan fingerprint density at radius 1 is 0.964 bits per heavy atom. The van der Waals surface area contributed by atoms with E-state index in [2.05, 4.69) is 46.8 Å². The van der Waals surface area contributed by atoms with Gasteiger partial charge in [-0.3, -0.25) is 9.59 Å². The Morgan fingerprint density at radius 3 is 2.36 bits per heavy atom. The smallest absolute Gasteiger partial charge is 0.306 e. The van der Waals surface area contributed by atoms with Gasteiger partial charge in [0.2, 0.25) is 0 Å². The Bertz CT molecular complexity index is 824. The van der Waals surface area contributed by atoms with Crippen LogP contribution < -0.4 is 0 Å². The number of rotatable bonds is 0. The van der Waals surface area contributed by atoms with Gasteiger partial charge in [0.1, 0.15) is 5.60 Å². The third-order valence-electron chi connectivity index (χ3n) is 10.6. The maximum atomic E-state index is 12.2. The van der Waals surface area contributed by atoms with E-state index in [1.165, 1.54) is 5.57 Å². The molecule has 0 N–H and O–H groups in total. The molecule has 1 heterocycles. The fourth-order valence-electron chi connectivity index (χ4n) is 8.57. The van der Waals surface area contributed by atoms with E-state index in [4.69, 9.17) is 4.74 Å². The van der Waals surface area contributed by atoms with Crippen LogP contribution in [-0.2, 0) is 14.3 Å². The summed E-state index contributed by atoms with van der Waals surface area (Å²) in [5, 5.41) is 0. The van der Waals surface area contributed by atoms with Gasteiger partial charge in [0.05, 0.1) is 0 Å². The number of esters is 1. The van der Waals surface area contributed by atoms with Crippen molar-refractivity contribution in [2.24, 2.45) is 39.9 Å². The van der Waals surface area contributed by atoms with E-state index in [0.29, 0.717) is 36.5 Å². The molecule has 0 amide bonds. The van der Waals surface area contributed by atoms with E-state index < -0.39 is 0 Å². The summed E-state index contributed by atoms with van der Waals surface area (Å²) < 4.78 is 6.20. The summed E-state index contributed by atoms with van der Waals surface area (Å²) in [4.78, 5) is 24.3. The largest absolute Gasteiger partial charge is 0.458 e. The molecule has 0 aromatic rings. The maximum absolute atomic E-state index is 12.2. The van der Waals surface area contributed by atoms with Crippen LogP contribution in [0.15, 0.2) is 23.8 Å². The highest BCUT2D eigenvalue weighted by Gasteiger charge is 2.73. The molecule has 1 aliphatic heterocycles. The minimum Gasteiger partial charge on any atom is -0.458 e. The van der Waals surface area contributed by atoms with Crippen LogP contribution in [0.3, 0.4) is 0 Å². The number of hydrogen-bond acceptors (Lipinski definition) is 3. The Labute approximate surface area is 169 Å². The number of carbonyl (C=O) groups is 2. The van der Waals surface area contributed by atoms with Crippen LogP contribution in [0.5, 0.6) is 0 Å². The zero-order chi connectivity index (χ0) is 20.1. The van der Waals surface area contributed by atoms with Gasteiger partial charge in [-0.2, -0.15) is 0 Å². The lowest BCUT2D eigenvalue weighted by molar-refractivity contribution is -0.177. The first-order valence-corrected chi connectivity index (χ1v) is 11.2. The summed E-state index contributed by atoms with van der Waals surface area (Å²) in [7, 11) is 0. The molecule has 8 atom stereocenters. The van der Waals surface area contributed by atoms with Crippen LogP contribution in [0, 0.1) is 39.9 Å². The molecule has 0 aromatic carbocycles. The van der Waals surface area contributed by atoms with E-state index >= 15 is 0 Å². The summed E-state index contributed by atoms with van der Waals surface area (Å²) in [6.07, 6.45) is 11.9. The van der Waals surface area contributed by atoms with Crippen molar-refractivity contribution in [2.75, 3.05) is 0 Å².